The standard InChI is InChI=1S/C14H28NO7P/c1-7-21-12(16)11(15-13(17)22-8-2)14(9(3)4,10(5)6)23(18,19)20/h9-11H,7-8H2,1-6H3,(H,15,17)(H2,18,19,20)/p-2. The van der Waals surface area contributed by atoms with E-state index in [0.717, 1.165) is 0 Å². The second-order valence-corrected chi connectivity index (χ2v) is 7.51. The van der Waals surface area contributed by atoms with Gasteiger partial charge in [-0.2, -0.15) is 0 Å². The molecule has 0 aromatic rings. The number of ether oxygens (including phenoxy) is 2. The molecule has 8 nitrogen and oxygen atoms in total. The molecule has 0 saturated heterocycles. The summed E-state index contributed by atoms with van der Waals surface area (Å²) in [6, 6.07) is -1.65. The molecule has 1 amide bonds. The van der Waals surface area contributed by atoms with Crippen LogP contribution in [0.4, 0.5) is 4.79 Å². The number of esters is 1. The van der Waals surface area contributed by atoms with E-state index in [0.29, 0.717) is 0 Å². The predicted octanol–water partition coefficient (Wildman–Crippen LogP) is 0.629. The molecule has 1 N–H and O–H groups in total. The van der Waals surface area contributed by atoms with Gasteiger partial charge in [0.25, 0.3) is 0 Å². The summed E-state index contributed by atoms with van der Waals surface area (Å²) >= 11 is 0. The summed E-state index contributed by atoms with van der Waals surface area (Å²) in [5.41, 5.74) is 0. The Bertz CT molecular complexity index is 450. The number of hydrogen-bond acceptors (Lipinski definition) is 7. The Balaban J connectivity index is 6.15. The molecule has 0 radical (unpaired) electrons. The third-order valence-electron chi connectivity index (χ3n) is 3.85. The van der Waals surface area contributed by atoms with Crippen molar-refractivity contribution in [3.8, 4) is 0 Å². The van der Waals surface area contributed by atoms with Gasteiger partial charge in [-0.1, -0.05) is 35.3 Å². The van der Waals surface area contributed by atoms with Crippen molar-refractivity contribution in [1.82, 2.24) is 5.32 Å². The molecule has 0 fully saturated rings. The molecule has 0 bridgehead atoms. The molecule has 0 aliphatic carbocycles. The Morgan fingerprint density at radius 3 is 1.78 bits per heavy atom. The van der Waals surface area contributed by atoms with Crippen LogP contribution in [0.3, 0.4) is 0 Å². The van der Waals surface area contributed by atoms with Gasteiger partial charge in [0.05, 0.1) is 13.2 Å². The fraction of sp³-hybridized carbons (Fsp3) is 0.857. The van der Waals surface area contributed by atoms with Gasteiger partial charge in [0.2, 0.25) is 0 Å². The van der Waals surface area contributed by atoms with Crippen molar-refractivity contribution in [2.75, 3.05) is 13.2 Å². The van der Waals surface area contributed by atoms with Crippen LogP contribution in [0.2, 0.25) is 0 Å². The molecule has 0 aromatic carbocycles. The molecular formula is C14H26NO7P-2. The van der Waals surface area contributed by atoms with Gasteiger partial charge < -0.3 is 29.1 Å². The Kier molecular flexibility index (Phi) is 8.24. The maximum absolute atomic E-state index is 12.3. The van der Waals surface area contributed by atoms with Gasteiger partial charge >= 0.3 is 12.1 Å². The van der Waals surface area contributed by atoms with Crippen LogP contribution < -0.4 is 15.1 Å². The first-order valence-corrected chi connectivity index (χ1v) is 9.12. The van der Waals surface area contributed by atoms with Crippen LogP contribution in [0, 0.1) is 11.8 Å². The second-order valence-electron chi connectivity index (χ2n) is 5.74. The Labute approximate surface area is 137 Å². The molecule has 0 aliphatic heterocycles. The Hall–Kier alpha value is -1.11. The molecule has 9 heteroatoms. The van der Waals surface area contributed by atoms with Crippen molar-refractivity contribution in [3.05, 3.63) is 0 Å². The summed E-state index contributed by atoms with van der Waals surface area (Å²) in [5, 5.41) is 0.169. The third-order valence-corrected chi connectivity index (χ3v) is 6.09. The maximum atomic E-state index is 12.3. The van der Waals surface area contributed by atoms with Gasteiger partial charge in [0, 0.05) is 5.16 Å². The highest BCUT2D eigenvalue weighted by atomic mass is 31.2. The lowest BCUT2D eigenvalue weighted by Gasteiger charge is -2.57. The molecule has 0 aromatic heterocycles. The van der Waals surface area contributed by atoms with E-state index in [1.54, 1.807) is 13.8 Å². The second kappa shape index (κ2) is 8.66. The molecule has 0 aliphatic rings. The summed E-state index contributed by atoms with van der Waals surface area (Å²) < 4.78 is 21.7. The molecule has 23 heavy (non-hydrogen) atoms. The van der Waals surface area contributed by atoms with Crippen molar-refractivity contribution < 1.29 is 33.4 Å². The number of carbonyl (C=O) groups excluding carboxylic acids is 2. The van der Waals surface area contributed by atoms with E-state index in [1.807, 2.05) is 0 Å². The number of amides is 1. The minimum Gasteiger partial charge on any atom is -0.810 e. The van der Waals surface area contributed by atoms with E-state index in [9.17, 15) is 23.9 Å². The van der Waals surface area contributed by atoms with E-state index in [4.69, 9.17) is 9.47 Å². The highest BCUT2D eigenvalue weighted by molar-refractivity contribution is 7.50. The van der Waals surface area contributed by atoms with Gasteiger partial charge in [-0.3, -0.25) is 0 Å². The third kappa shape index (κ3) is 4.68. The average molecular weight is 351 g/mol. The van der Waals surface area contributed by atoms with E-state index in [2.05, 4.69) is 5.32 Å². The molecule has 0 heterocycles. The topological polar surface area (TPSA) is 128 Å². The maximum Gasteiger partial charge on any atom is 0.407 e. The van der Waals surface area contributed by atoms with Gasteiger partial charge in [0.15, 0.2) is 0 Å². The lowest BCUT2D eigenvalue weighted by atomic mass is 9.78. The molecule has 0 saturated carbocycles. The summed E-state index contributed by atoms with van der Waals surface area (Å²) in [6.07, 6.45) is -0.982. The number of alkyl carbamates (subject to hydrolysis) is 1. The molecule has 136 valence electrons. The summed E-state index contributed by atoms with van der Waals surface area (Å²) in [6.45, 7) is 9.17. The van der Waals surface area contributed by atoms with Gasteiger partial charge in [-0.05, 0) is 25.7 Å². The summed E-state index contributed by atoms with van der Waals surface area (Å²) in [5.74, 6) is -2.45. The summed E-state index contributed by atoms with van der Waals surface area (Å²) in [4.78, 5) is 48.2. The van der Waals surface area contributed by atoms with E-state index < -0.39 is 42.7 Å². The van der Waals surface area contributed by atoms with Crippen molar-refractivity contribution in [2.45, 2.75) is 52.7 Å². The number of nitrogens with one attached hydrogen (secondary N) is 1. The van der Waals surface area contributed by atoms with Crippen LogP contribution in [-0.4, -0.2) is 36.5 Å². The quantitative estimate of drug-likeness (QED) is 0.501. The smallest absolute Gasteiger partial charge is 0.407 e. The van der Waals surface area contributed by atoms with Gasteiger partial charge in [-0.15, -0.1) is 0 Å². The molecular weight excluding hydrogens is 325 g/mol. The first-order valence-electron chi connectivity index (χ1n) is 7.58. The highest BCUT2D eigenvalue weighted by Gasteiger charge is 2.52. The highest BCUT2D eigenvalue weighted by Crippen LogP contribution is 2.55. The summed E-state index contributed by atoms with van der Waals surface area (Å²) in [7, 11) is -5.30. The van der Waals surface area contributed by atoms with Crippen molar-refractivity contribution in [2.24, 2.45) is 11.8 Å². The lowest BCUT2D eigenvalue weighted by Crippen LogP contribution is -2.65. The zero-order valence-electron chi connectivity index (χ0n) is 14.5. The van der Waals surface area contributed by atoms with Crippen LogP contribution in [0.15, 0.2) is 0 Å². The number of rotatable bonds is 8. The van der Waals surface area contributed by atoms with Crippen LogP contribution in [-0.2, 0) is 18.8 Å². The normalized spacial score (nSPS) is 13.8. The first-order chi connectivity index (χ1) is 10.5. The van der Waals surface area contributed by atoms with Crippen LogP contribution >= 0.6 is 7.60 Å². The van der Waals surface area contributed by atoms with Crippen molar-refractivity contribution >= 4 is 19.7 Å². The fourth-order valence-electron chi connectivity index (χ4n) is 3.00. The molecule has 1 atom stereocenters. The minimum absolute atomic E-state index is 0.0197. The predicted molar refractivity (Wildman–Crippen MR) is 80.6 cm³/mol. The minimum atomic E-state index is -5.30. The number of carbonyl (C=O) groups is 2. The fourth-order valence-corrected chi connectivity index (χ4v) is 4.75. The van der Waals surface area contributed by atoms with Crippen LogP contribution in [0.25, 0.3) is 0 Å². The molecule has 0 rings (SSSR count). The lowest BCUT2D eigenvalue weighted by molar-refractivity contribution is -0.324. The zero-order valence-corrected chi connectivity index (χ0v) is 15.3. The number of hydrogen-bond donors (Lipinski definition) is 1. The Morgan fingerprint density at radius 1 is 1.04 bits per heavy atom. The average Bonchev–Trinajstić information content (AvgIpc) is 2.36. The zero-order chi connectivity index (χ0) is 18.4. The molecule has 1 unspecified atom stereocenters. The van der Waals surface area contributed by atoms with Gasteiger partial charge in [0.1, 0.15) is 6.04 Å². The Morgan fingerprint density at radius 2 is 1.48 bits per heavy atom. The van der Waals surface area contributed by atoms with Crippen molar-refractivity contribution in [1.29, 1.82) is 0 Å². The van der Waals surface area contributed by atoms with E-state index in [1.165, 1.54) is 27.7 Å². The monoisotopic (exact) mass is 351 g/mol. The first kappa shape index (κ1) is 21.9. The van der Waals surface area contributed by atoms with Crippen LogP contribution in [0.5, 0.6) is 0 Å². The van der Waals surface area contributed by atoms with Crippen molar-refractivity contribution in [3.63, 3.8) is 0 Å². The van der Waals surface area contributed by atoms with E-state index in [-0.39, 0.29) is 13.2 Å². The SMILES string of the molecule is CCOC(=O)NC(C(=O)OCC)C(C(C)C)(C(C)C)P(=O)([O-])[O-]. The van der Waals surface area contributed by atoms with Crippen LogP contribution in [0.1, 0.15) is 41.5 Å². The van der Waals surface area contributed by atoms with E-state index >= 15 is 0 Å². The van der Waals surface area contributed by atoms with Gasteiger partial charge in [-0.25, -0.2) is 9.59 Å². The largest absolute Gasteiger partial charge is 0.810 e. The molecule has 0 spiro atoms.